The molecule has 1 heterocycles. The predicted octanol–water partition coefficient (Wildman–Crippen LogP) is 2.40. The van der Waals surface area contributed by atoms with Crippen molar-refractivity contribution >= 4 is 23.2 Å². The van der Waals surface area contributed by atoms with Crippen molar-refractivity contribution in [3.8, 4) is 0 Å². The Hall–Kier alpha value is -1.10. The fourth-order valence-electron chi connectivity index (χ4n) is 2.68. The lowest BCUT2D eigenvalue weighted by Crippen LogP contribution is -2.47. The molecule has 4 nitrogen and oxygen atoms in total. The van der Waals surface area contributed by atoms with Gasteiger partial charge < -0.3 is 11.1 Å². The molecule has 1 aliphatic heterocycles. The van der Waals surface area contributed by atoms with Crippen LogP contribution in [0.5, 0.6) is 0 Å². The number of likely N-dealkylation sites (tertiary alicyclic amines) is 1. The molecule has 110 valence electrons. The molecule has 0 spiro atoms. The minimum Gasteiger partial charge on any atom is -0.329 e. The number of amides is 1. The molecule has 0 aromatic heterocycles. The maximum atomic E-state index is 12.2. The van der Waals surface area contributed by atoms with Crippen LogP contribution in [0.1, 0.15) is 24.8 Å². The van der Waals surface area contributed by atoms with Crippen LogP contribution in [0.2, 0.25) is 5.02 Å². The molecule has 0 radical (unpaired) electrons. The van der Waals surface area contributed by atoms with Gasteiger partial charge in [-0.1, -0.05) is 18.0 Å². The van der Waals surface area contributed by atoms with Gasteiger partial charge in [-0.15, -0.1) is 0 Å². The van der Waals surface area contributed by atoms with Crippen LogP contribution >= 0.6 is 11.6 Å². The highest BCUT2D eigenvalue weighted by atomic mass is 35.5. The van der Waals surface area contributed by atoms with E-state index in [-0.39, 0.29) is 5.91 Å². The maximum absolute atomic E-state index is 12.2. The lowest BCUT2D eigenvalue weighted by atomic mass is 10.0. The van der Waals surface area contributed by atoms with E-state index in [4.69, 9.17) is 17.3 Å². The molecule has 5 heteroatoms. The number of hydrogen-bond donors (Lipinski definition) is 2. The average Bonchev–Trinajstić information content (AvgIpc) is 2.42. The molecule has 0 bridgehead atoms. The number of anilines is 1. The van der Waals surface area contributed by atoms with Crippen molar-refractivity contribution in [1.29, 1.82) is 0 Å². The Labute approximate surface area is 125 Å². The topological polar surface area (TPSA) is 58.4 Å². The lowest BCUT2D eigenvalue weighted by molar-refractivity contribution is -0.118. The Bertz CT molecular complexity index is 478. The van der Waals surface area contributed by atoms with Crippen LogP contribution in [-0.2, 0) is 4.79 Å². The van der Waals surface area contributed by atoms with Gasteiger partial charge in [-0.3, -0.25) is 9.69 Å². The Kier molecular flexibility index (Phi) is 5.40. The second-order valence-electron chi connectivity index (χ2n) is 5.36. The van der Waals surface area contributed by atoms with Gasteiger partial charge in [0.15, 0.2) is 0 Å². The molecule has 1 aromatic carbocycles. The number of rotatable bonds is 4. The third-order valence-electron chi connectivity index (χ3n) is 3.83. The number of hydrogen-bond acceptors (Lipinski definition) is 3. The zero-order valence-electron chi connectivity index (χ0n) is 11.9. The van der Waals surface area contributed by atoms with Gasteiger partial charge >= 0.3 is 0 Å². The lowest BCUT2D eigenvalue weighted by Gasteiger charge is -2.34. The number of aryl methyl sites for hydroxylation is 1. The number of nitrogens with one attached hydrogen (secondary N) is 1. The standard InChI is InChI=1S/C15H22ClN3O/c1-11-8-12(16)5-6-14(11)18-15(20)10-19-7-3-2-4-13(19)9-17/h5-6,8,13H,2-4,7,9-10,17H2,1H3,(H,18,20). The SMILES string of the molecule is Cc1cc(Cl)ccc1NC(=O)CN1CCCCC1CN. The summed E-state index contributed by atoms with van der Waals surface area (Å²) in [7, 11) is 0. The van der Waals surface area contributed by atoms with Crippen LogP contribution in [0.25, 0.3) is 0 Å². The van der Waals surface area contributed by atoms with Gasteiger partial charge in [0.05, 0.1) is 6.54 Å². The second kappa shape index (κ2) is 7.07. The summed E-state index contributed by atoms with van der Waals surface area (Å²) in [6, 6.07) is 5.81. The number of nitrogens with two attached hydrogens (primary N) is 1. The Morgan fingerprint density at radius 2 is 2.30 bits per heavy atom. The summed E-state index contributed by atoms with van der Waals surface area (Å²) in [5.74, 6) is 0.00997. The molecule has 20 heavy (non-hydrogen) atoms. The van der Waals surface area contributed by atoms with Crippen molar-refractivity contribution in [3.05, 3.63) is 28.8 Å². The van der Waals surface area contributed by atoms with Gasteiger partial charge in [-0.25, -0.2) is 0 Å². The predicted molar refractivity (Wildman–Crippen MR) is 83.1 cm³/mol. The summed E-state index contributed by atoms with van der Waals surface area (Å²) >= 11 is 5.91. The van der Waals surface area contributed by atoms with Crippen LogP contribution in [-0.4, -0.2) is 36.5 Å². The molecule has 1 aromatic rings. The molecule has 0 saturated carbocycles. The molecular weight excluding hydrogens is 274 g/mol. The highest BCUT2D eigenvalue weighted by Gasteiger charge is 2.23. The van der Waals surface area contributed by atoms with Crippen molar-refractivity contribution in [2.45, 2.75) is 32.2 Å². The number of nitrogens with zero attached hydrogens (tertiary/aromatic N) is 1. The van der Waals surface area contributed by atoms with E-state index >= 15 is 0 Å². The first-order valence-corrected chi connectivity index (χ1v) is 7.48. The molecule has 1 fully saturated rings. The van der Waals surface area contributed by atoms with Gasteiger partial charge in [0, 0.05) is 23.3 Å². The van der Waals surface area contributed by atoms with Gasteiger partial charge in [-0.2, -0.15) is 0 Å². The van der Waals surface area contributed by atoms with Gasteiger partial charge in [-0.05, 0) is 50.1 Å². The van der Waals surface area contributed by atoms with Crippen molar-refractivity contribution in [2.24, 2.45) is 5.73 Å². The number of carbonyl (C=O) groups is 1. The number of benzene rings is 1. The second-order valence-corrected chi connectivity index (χ2v) is 5.80. The fourth-order valence-corrected chi connectivity index (χ4v) is 2.90. The molecule has 1 aliphatic rings. The van der Waals surface area contributed by atoms with E-state index in [1.54, 1.807) is 6.07 Å². The summed E-state index contributed by atoms with van der Waals surface area (Å²) in [5.41, 5.74) is 7.57. The summed E-state index contributed by atoms with van der Waals surface area (Å²) in [6.07, 6.45) is 3.43. The number of piperidine rings is 1. The molecule has 1 unspecified atom stereocenters. The maximum Gasteiger partial charge on any atom is 0.238 e. The molecule has 1 amide bonds. The third-order valence-corrected chi connectivity index (χ3v) is 4.07. The first-order chi connectivity index (χ1) is 9.60. The molecule has 0 aliphatic carbocycles. The highest BCUT2D eigenvalue weighted by molar-refractivity contribution is 6.30. The van der Waals surface area contributed by atoms with Crippen molar-refractivity contribution in [1.82, 2.24) is 4.90 Å². The van der Waals surface area contributed by atoms with Crippen molar-refractivity contribution < 1.29 is 4.79 Å². The van der Waals surface area contributed by atoms with Gasteiger partial charge in [0.2, 0.25) is 5.91 Å². The first kappa shape index (κ1) is 15.3. The van der Waals surface area contributed by atoms with Crippen molar-refractivity contribution in [3.63, 3.8) is 0 Å². The summed E-state index contributed by atoms with van der Waals surface area (Å²) in [4.78, 5) is 14.3. The Balaban J connectivity index is 1.94. The smallest absolute Gasteiger partial charge is 0.238 e. The van der Waals surface area contributed by atoms with E-state index < -0.39 is 0 Å². The Morgan fingerprint density at radius 3 is 3.00 bits per heavy atom. The molecule has 1 saturated heterocycles. The zero-order valence-corrected chi connectivity index (χ0v) is 12.6. The van der Waals surface area contributed by atoms with E-state index in [0.29, 0.717) is 24.2 Å². The van der Waals surface area contributed by atoms with E-state index in [0.717, 1.165) is 30.6 Å². The van der Waals surface area contributed by atoms with E-state index in [1.165, 1.54) is 6.42 Å². The van der Waals surface area contributed by atoms with Crippen LogP contribution in [0, 0.1) is 6.92 Å². The minimum atomic E-state index is 0.00997. The van der Waals surface area contributed by atoms with Crippen LogP contribution in [0.15, 0.2) is 18.2 Å². The Morgan fingerprint density at radius 1 is 1.50 bits per heavy atom. The fraction of sp³-hybridized carbons (Fsp3) is 0.533. The largest absolute Gasteiger partial charge is 0.329 e. The van der Waals surface area contributed by atoms with Crippen LogP contribution < -0.4 is 11.1 Å². The number of halogens is 1. The number of carbonyl (C=O) groups excluding carboxylic acids is 1. The first-order valence-electron chi connectivity index (χ1n) is 7.10. The highest BCUT2D eigenvalue weighted by Crippen LogP contribution is 2.20. The van der Waals surface area contributed by atoms with E-state index in [9.17, 15) is 4.79 Å². The average molecular weight is 296 g/mol. The minimum absolute atomic E-state index is 0.00997. The summed E-state index contributed by atoms with van der Waals surface area (Å²) in [6.45, 7) is 3.91. The third kappa shape index (κ3) is 3.95. The normalized spacial score (nSPS) is 19.9. The molecule has 2 rings (SSSR count). The van der Waals surface area contributed by atoms with Gasteiger partial charge in [0.1, 0.15) is 0 Å². The van der Waals surface area contributed by atoms with Crippen LogP contribution in [0.4, 0.5) is 5.69 Å². The summed E-state index contributed by atoms with van der Waals surface area (Å²) in [5, 5.41) is 3.63. The van der Waals surface area contributed by atoms with Crippen molar-refractivity contribution in [2.75, 3.05) is 25.0 Å². The summed E-state index contributed by atoms with van der Waals surface area (Å²) < 4.78 is 0. The van der Waals surface area contributed by atoms with Gasteiger partial charge in [0.25, 0.3) is 0 Å². The zero-order chi connectivity index (χ0) is 14.5. The van der Waals surface area contributed by atoms with E-state index in [1.807, 2.05) is 19.1 Å². The van der Waals surface area contributed by atoms with E-state index in [2.05, 4.69) is 10.2 Å². The molecule has 3 N–H and O–H groups in total. The van der Waals surface area contributed by atoms with Crippen LogP contribution in [0.3, 0.4) is 0 Å². The monoisotopic (exact) mass is 295 g/mol. The quantitative estimate of drug-likeness (QED) is 0.897. The molecule has 1 atom stereocenters. The molecular formula is C15H22ClN3O.